The summed E-state index contributed by atoms with van der Waals surface area (Å²) in [5.74, 6) is 0.286. The molecule has 2 aromatic carbocycles. The molecule has 10 heteroatoms. The second kappa shape index (κ2) is 9.54. The Morgan fingerprint density at radius 3 is 2.62 bits per heavy atom. The number of nitrogens with one attached hydrogen (secondary N) is 1. The second-order valence-corrected chi connectivity index (χ2v) is 8.96. The Morgan fingerprint density at radius 2 is 1.88 bits per heavy atom. The third kappa shape index (κ3) is 5.10. The third-order valence-electron chi connectivity index (χ3n) is 5.18. The number of aryl methyl sites for hydroxylation is 1. The smallest absolute Gasteiger partial charge is 0.324 e. The molecule has 4 rings (SSSR count). The Hall–Kier alpha value is -2.52. The van der Waals surface area contributed by atoms with Crippen LogP contribution < -0.4 is 5.32 Å². The van der Waals surface area contributed by atoms with Gasteiger partial charge in [-0.25, -0.2) is 0 Å². The lowest BCUT2D eigenvalue weighted by Crippen LogP contribution is -2.22. The van der Waals surface area contributed by atoms with Gasteiger partial charge < -0.3 is 9.88 Å². The maximum atomic E-state index is 13.5. The van der Waals surface area contributed by atoms with Crippen molar-refractivity contribution in [3.05, 3.63) is 70.5 Å². The van der Waals surface area contributed by atoms with Gasteiger partial charge in [0.25, 0.3) is 0 Å². The van der Waals surface area contributed by atoms with Crippen LogP contribution in [0.2, 0.25) is 5.02 Å². The van der Waals surface area contributed by atoms with Gasteiger partial charge in [0, 0.05) is 18.0 Å². The van der Waals surface area contributed by atoms with E-state index >= 15 is 0 Å². The summed E-state index contributed by atoms with van der Waals surface area (Å²) in [4.78, 5) is 13.2. The highest BCUT2D eigenvalue weighted by Crippen LogP contribution is 2.39. The SMILES string of the molecule is O=C(Nc1ccc(Cl)cc1C(F)(F)F)[C@H](Sc1nnc2n1CCCCC2)c1ccccc1. The van der Waals surface area contributed by atoms with Crippen molar-refractivity contribution < 1.29 is 18.0 Å². The van der Waals surface area contributed by atoms with Crippen LogP contribution in [0.4, 0.5) is 18.9 Å². The zero-order chi connectivity index (χ0) is 22.7. The molecule has 0 saturated carbocycles. The van der Waals surface area contributed by atoms with Crippen molar-refractivity contribution in [1.29, 1.82) is 0 Å². The summed E-state index contributed by atoms with van der Waals surface area (Å²) in [5, 5.41) is 10.7. The molecule has 1 atom stereocenters. The topological polar surface area (TPSA) is 59.8 Å². The first-order chi connectivity index (χ1) is 15.3. The summed E-state index contributed by atoms with van der Waals surface area (Å²) in [6, 6.07) is 12.2. The fourth-order valence-electron chi connectivity index (χ4n) is 3.61. The zero-order valence-electron chi connectivity index (χ0n) is 16.9. The van der Waals surface area contributed by atoms with Gasteiger partial charge in [-0.15, -0.1) is 10.2 Å². The van der Waals surface area contributed by atoms with E-state index in [4.69, 9.17) is 11.6 Å². The largest absolute Gasteiger partial charge is 0.418 e. The molecule has 32 heavy (non-hydrogen) atoms. The van der Waals surface area contributed by atoms with Crippen molar-refractivity contribution in [2.24, 2.45) is 0 Å². The first-order valence-electron chi connectivity index (χ1n) is 10.1. The van der Waals surface area contributed by atoms with E-state index < -0.39 is 22.9 Å². The van der Waals surface area contributed by atoms with Gasteiger partial charge in [-0.05, 0) is 36.6 Å². The van der Waals surface area contributed by atoms with E-state index in [9.17, 15) is 18.0 Å². The molecular weight excluding hydrogens is 461 g/mol. The summed E-state index contributed by atoms with van der Waals surface area (Å²) in [6.07, 6.45) is -0.738. The Balaban J connectivity index is 1.66. The Labute approximate surface area is 192 Å². The summed E-state index contributed by atoms with van der Waals surface area (Å²) in [5.41, 5.74) is -0.677. The number of carbonyl (C=O) groups excluding carboxylic acids is 1. The number of benzene rings is 2. The number of aromatic nitrogens is 3. The summed E-state index contributed by atoms with van der Waals surface area (Å²) in [7, 11) is 0. The molecule has 0 radical (unpaired) electrons. The van der Waals surface area contributed by atoms with Gasteiger partial charge in [0.05, 0.1) is 11.3 Å². The van der Waals surface area contributed by atoms with E-state index in [2.05, 4.69) is 15.5 Å². The van der Waals surface area contributed by atoms with E-state index in [0.717, 1.165) is 44.1 Å². The molecule has 1 N–H and O–H groups in total. The molecule has 168 valence electrons. The molecule has 0 bridgehead atoms. The number of anilines is 1. The number of rotatable bonds is 5. The lowest BCUT2D eigenvalue weighted by atomic mass is 10.1. The van der Waals surface area contributed by atoms with Crippen molar-refractivity contribution in [2.75, 3.05) is 5.32 Å². The van der Waals surface area contributed by atoms with Crippen molar-refractivity contribution in [2.45, 2.75) is 48.8 Å². The van der Waals surface area contributed by atoms with Crippen LogP contribution in [0.3, 0.4) is 0 Å². The lowest BCUT2D eigenvalue weighted by Gasteiger charge is -2.19. The molecule has 0 aliphatic carbocycles. The number of halogens is 4. The van der Waals surface area contributed by atoms with Crippen LogP contribution in [-0.2, 0) is 23.9 Å². The van der Waals surface area contributed by atoms with Crippen molar-refractivity contribution in [3.8, 4) is 0 Å². The molecule has 2 heterocycles. The summed E-state index contributed by atoms with van der Waals surface area (Å²) >= 11 is 6.94. The van der Waals surface area contributed by atoms with Crippen LogP contribution >= 0.6 is 23.4 Å². The van der Waals surface area contributed by atoms with Crippen molar-refractivity contribution >= 4 is 35.0 Å². The summed E-state index contributed by atoms with van der Waals surface area (Å²) < 4.78 is 42.5. The minimum atomic E-state index is -4.66. The molecule has 5 nitrogen and oxygen atoms in total. The van der Waals surface area contributed by atoms with E-state index in [1.165, 1.54) is 23.9 Å². The number of hydrogen-bond acceptors (Lipinski definition) is 4. The highest BCUT2D eigenvalue weighted by molar-refractivity contribution is 8.00. The number of amides is 1. The Bertz CT molecular complexity index is 1100. The number of nitrogens with zero attached hydrogens (tertiary/aromatic N) is 3. The van der Waals surface area contributed by atoms with Crippen LogP contribution in [0.1, 0.15) is 41.5 Å². The molecule has 0 spiro atoms. The number of thioether (sulfide) groups is 1. The van der Waals surface area contributed by atoms with Crippen LogP contribution in [0.5, 0.6) is 0 Å². The van der Waals surface area contributed by atoms with Gasteiger partial charge >= 0.3 is 6.18 Å². The number of carbonyl (C=O) groups is 1. The molecule has 0 unspecified atom stereocenters. The minimum Gasteiger partial charge on any atom is -0.324 e. The van der Waals surface area contributed by atoms with Crippen LogP contribution in [0.15, 0.2) is 53.7 Å². The average Bonchev–Trinajstić information content (AvgIpc) is 2.98. The zero-order valence-corrected chi connectivity index (χ0v) is 18.5. The van der Waals surface area contributed by atoms with E-state index in [1.54, 1.807) is 24.3 Å². The molecule has 1 amide bonds. The highest BCUT2D eigenvalue weighted by atomic mass is 35.5. The molecule has 0 fully saturated rings. The van der Waals surface area contributed by atoms with Crippen LogP contribution in [-0.4, -0.2) is 20.7 Å². The fraction of sp³-hybridized carbons (Fsp3) is 0.318. The molecular formula is C22H20ClF3N4OS. The van der Waals surface area contributed by atoms with Gasteiger partial charge in [0.15, 0.2) is 5.16 Å². The molecule has 3 aromatic rings. The van der Waals surface area contributed by atoms with E-state index in [1.807, 2.05) is 10.6 Å². The van der Waals surface area contributed by atoms with E-state index in [0.29, 0.717) is 10.7 Å². The van der Waals surface area contributed by atoms with Crippen LogP contribution in [0, 0.1) is 0 Å². The van der Waals surface area contributed by atoms with Gasteiger partial charge in [-0.3, -0.25) is 4.79 Å². The predicted octanol–water partition coefficient (Wildman–Crippen LogP) is 6.15. The lowest BCUT2D eigenvalue weighted by molar-refractivity contribution is -0.137. The standard InChI is InChI=1S/C22H20ClF3N4OS/c23-15-10-11-17(16(13-15)22(24,25)26)27-20(31)19(14-7-3-1-4-8-14)32-21-29-28-18-9-5-2-6-12-30(18)21/h1,3-4,7-8,10-11,13,19H,2,5-6,9,12H2,(H,27,31)/t19-/m1/s1. The first-order valence-corrected chi connectivity index (χ1v) is 11.4. The monoisotopic (exact) mass is 480 g/mol. The molecule has 0 saturated heterocycles. The first kappa shape index (κ1) is 22.7. The minimum absolute atomic E-state index is 0.0598. The molecule has 1 aliphatic rings. The molecule has 1 aromatic heterocycles. The predicted molar refractivity (Wildman–Crippen MR) is 118 cm³/mol. The van der Waals surface area contributed by atoms with Gasteiger partial charge in [-0.1, -0.05) is 60.1 Å². The quantitative estimate of drug-likeness (QED) is 0.445. The van der Waals surface area contributed by atoms with Crippen molar-refractivity contribution in [1.82, 2.24) is 14.8 Å². The van der Waals surface area contributed by atoms with Gasteiger partial charge in [-0.2, -0.15) is 13.2 Å². The van der Waals surface area contributed by atoms with Crippen LogP contribution in [0.25, 0.3) is 0 Å². The van der Waals surface area contributed by atoms with E-state index in [-0.39, 0.29) is 10.7 Å². The van der Waals surface area contributed by atoms with Gasteiger partial charge in [0.1, 0.15) is 11.1 Å². The summed E-state index contributed by atoms with van der Waals surface area (Å²) in [6.45, 7) is 0.753. The Morgan fingerprint density at radius 1 is 1.09 bits per heavy atom. The number of hydrogen-bond donors (Lipinski definition) is 1. The highest BCUT2D eigenvalue weighted by Gasteiger charge is 2.35. The maximum absolute atomic E-state index is 13.5. The normalized spacial score (nSPS) is 15.0. The Kier molecular flexibility index (Phi) is 6.76. The van der Waals surface area contributed by atoms with Gasteiger partial charge in [0.2, 0.25) is 5.91 Å². The fourth-order valence-corrected chi connectivity index (χ4v) is 4.86. The maximum Gasteiger partial charge on any atom is 0.418 e. The average molecular weight is 481 g/mol. The number of fused-ring (bicyclic) bond motifs is 1. The number of alkyl halides is 3. The van der Waals surface area contributed by atoms with Crippen molar-refractivity contribution in [3.63, 3.8) is 0 Å². The second-order valence-electron chi connectivity index (χ2n) is 7.45. The third-order valence-corrected chi connectivity index (χ3v) is 6.65. The molecule has 1 aliphatic heterocycles.